The van der Waals surface area contributed by atoms with E-state index in [0.717, 1.165) is 0 Å². The lowest BCUT2D eigenvalue weighted by Gasteiger charge is -1.95. The van der Waals surface area contributed by atoms with Crippen molar-refractivity contribution in [3.05, 3.63) is 28.3 Å². The van der Waals surface area contributed by atoms with E-state index in [0.29, 0.717) is 5.76 Å². The second-order valence-electron chi connectivity index (χ2n) is 1.92. The van der Waals surface area contributed by atoms with Crippen LogP contribution in [0, 0.1) is 6.92 Å². The van der Waals surface area contributed by atoms with Gasteiger partial charge in [0, 0.05) is 6.07 Å². The maximum atomic E-state index is 10.9. The Kier molecular flexibility index (Phi) is 1.76. The lowest BCUT2D eigenvalue weighted by molar-refractivity contribution is 0.382. The monoisotopic (exact) mass is 140 g/mol. The second-order valence-corrected chi connectivity index (χ2v) is 1.92. The lowest BCUT2D eigenvalue weighted by Crippen LogP contribution is -2.03. The first kappa shape index (κ1) is 6.86. The Bertz CT molecular complexity index is 274. The number of rotatable bonds is 1. The molecule has 0 aliphatic rings. The Morgan fingerprint density at radius 3 is 2.80 bits per heavy atom. The molecular formula is C7H8O3. The molecule has 0 saturated carbocycles. The van der Waals surface area contributed by atoms with Crippen molar-refractivity contribution >= 4 is 0 Å². The summed E-state index contributed by atoms with van der Waals surface area (Å²) in [5.74, 6) is 0.830. The molecular weight excluding hydrogens is 132 g/mol. The molecule has 1 aromatic heterocycles. The third kappa shape index (κ3) is 1.18. The molecule has 0 spiro atoms. The van der Waals surface area contributed by atoms with Gasteiger partial charge in [0.2, 0.25) is 11.2 Å². The summed E-state index contributed by atoms with van der Waals surface area (Å²) in [5, 5.41) is 0. The summed E-state index contributed by atoms with van der Waals surface area (Å²) < 4.78 is 9.60. The zero-order chi connectivity index (χ0) is 7.56. The van der Waals surface area contributed by atoms with Gasteiger partial charge in [-0.25, -0.2) is 0 Å². The molecule has 54 valence electrons. The van der Waals surface area contributed by atoms with Crippen molar-refractivity contribution in [1.29, 1.82) is 0 Å². The zero-order valence-corrected chi connectivity index (χ0v) is 5.88. The van der Waals surface area contributed by atoms with Crippen molar-refractivity contribution in [1.82, 2.24) is 0 Å². The van der Waals surface area contributed by atoms with Crippen LogP contribution in [0.25, 0.3) is 0 Å². The number of methoxy groups -OCH3 is 1. The van der Waals surface area contributed by atoms with E-state index >= 15 is 0 Å². The Morgan fingerprint density at radius 2 is 2.30 bits per heavy atom. The predicted octanol–water partition coefficient (Wildman–Crippen LogP) is 0.957. The quantitative estimate of drug-likeness (QED) is 0.583. The standard InChI is InChI=1S/C7H8O3/c1-5-3-6(8)7(9-2)4-10-5/h3-4H,1-2H3. The number of hydrogen-bond donors (Lipinski definition) is 0. The van der Waals surface area contributed by atoms with Gasteiger partial charge < -0.3 is 9.15 Å². The number of hydrogen-bond acceptors (Lipinski definition) is 3. The van der Waals surface area contributed by atoms with Crippen LogP contribution in [0.5, 0.6) is 5.75 Å². The first-order valence-electron chi connectivity index (χ1n) is 2.87. The van der Waals surface area contributed by atoms with Crippen LogP contribution in [-0.2, 0) is 0 Å². The van der Waals surface area contributed by atoms with Crippen molar-refractivity contribution in [2.75, 3.05) is 7.11 Å². The van der Waals surface area contributed by atoms with E-state index in [1.165, 1.54) is 19.4 Å². The summed E-state index contributed by atoms with van der Waals surface area (Å²) in [4.78, 5) is 10.9. The van der Waals surface area contributed by atoms with Gasteiger partial charge >= 0.3 is 0 Å². The molecule has 0 aliphatic heterocycles. The molecule has 0 saturated heterocycles. The molecule has 0 radical (unpaired) electrons. The predicted molar refractivity (Wildman–Crippen MR) is 36.3 cm³/mol. The Morgan fingerprint density at radius 1 is 1.60 bits per heavy atom. The Labute approximate surface area is 58.2 Å². The molecule has 0 aromatic carbocycles. The fourth-order valence-corrected chi connectivity index (χ4v) is 0.643. The molecule has 3 nitrogen and oxygen atoms in total. The summed E-state index contributed by atoms with van der Waals surface area (Å²) in [6.07, 6.45) is 1.30. The van der Waals surface area contributed by atoms with Crippen LogP contribution in [0.4, 0.5) is 0 Å². The van der Waals surface area contributed by atoms with Crippen molar-refractivity contribution in [3.63, 3.8) is 0 Å². The zero-order valence-electron chi connectivity index (χ0n) is 5.88. The SMILES string of the molecule is COc1coc(C)cc1=O. The highest BCUT2D eigenvalue weighted by Gasteiger charge is 1.97. The molecule has 1 rings (SSSR count). The van der Waals surface area contributed by atoms with Crippen LogP contribution >= 0.6 is 0 Å². The smallest absolute Gasteiger partial charge is 0.226 e. The molecule has 0 bridgehead atoms. The first-order valence-corrected chi connectivity index (χ1v) is 2.87. The molecule has 3 heteroatoms. The maximum absolute atomic E-state index is 10.9. The Hall–Kier alpha value is -1.25. The minimum Gasteiger partial charge on any atom is -0.490 e. The maximum Gasteiger partial charge on any atom is 0.226 e. The van der Waals surface area contributed by atoms with Gasteiger partial charge in [-0.3, -0.25) is 4.79 Å². The molecule has 1 aromatic rings. The molecule has 0 amide bonds. The van der Waals surface area contributed by atoms with E-state index in [4.69, 9.17) is 9.15 Å². The van der Waals surface area contributed by atoms with Crippen molar-refractivity contribution < 1.29 is 9.15 Å². The van der Waals surface area contributed by atoms with Crippen LogP contribution < -0.4 is 10.2 Å². The largest absolute Gasteiger partial charge is 0.490 e. The van der Waals surface area contributed by atoms with Crippen LogP contribution in [-0.4, -0.2) is 7.11 Å². The summed E-state index contributed by atoms with van der Waals surface area (Å²) in [6, 6.07) is 1.39. The van der Waals surface area contributed by atoms with Gasteiger partial charge in [0.05, 0.1) is 7.11 Å². The molecule has 1 heterocycles. The van der Waals surface area contributed by atoms with Crippen LogP contribution in [0.2, 0.25) is 0 Å². The van der Waals surface area contributed by atoms with E-state index in [2.05, 4.69) is 0 Å². The molecule has 0 atom stereocenters. The van der Waals surface area contributed by atoms with Gasteiger partial charge in [-0.05, 0) is 6.92 Å². The van der Waals surface area contributed by atoms with Crippen LogP contribution in [0.15, 0.2) is 21.5 Å². The van der Waals surface area contributed by atoms with Gasteiger partial charge in [-0.2, -0.15) is 0 Å². The van der Waals surface area contributed by atoms with E-state index < -0.39 is 0 Å². The normalized spacial score (nSPS) is 9.40. The van der Waals surface area contributed by atoms with Crippen LogP contribution in [0.3, 0.4) is 0 Å². The second kappa shape index (κ2) is 2.56. The van der Waals surface area contributed by atoms with Gasteiger partial charge in [-0.1, -0.05) is 0 Å². The van der Waals surface area contributed by atoms with E-state index in [-0.39, 0.29) is 11.2 Å². The summed E-state index contributed by atoms with van der Waals surface area (Å²) in [6.45, 7) is 1.71. The minimum atomic E-state index is -0.147. The van der Waals surface area contributed by atoms with E-state index in [9.17, 15) is 4.79 Å². The molecule has 0 N–H and O–H groups in total. The van der Waals surface area contributed by atoms with E-state index in [1.54, 1.807) is 6.92 Å². The fraction of sp³-hybridized carbons (Fsp3) is 0.286. The van der Waals surface area contributed by atoms with Crippen molar-refractivity contribution in [2.24, 2.45) is 0 Å². The lowest BCUT2D eigenvalue weighted by atomic mass is 10.4. The van der Waals surface area contributed by atoms with Gasteiger partial charge in [0.15, 0.2) is 0 Å². The summed E-state index contributed by atoms with van der Waals surface area (Å²) in [7, 11) is 1.43. The van der Waals surface area contributed by atoms with Crippen molar-refractivity contribution in [3.8, 4) is 5.75 Å². The van der Waals surface area contributed by atoms with Gasteiger partial charge in [-0.15, -0.1) is 0 Å². The molecule has 0 aliphatic carbocycles. The molecule has 0 fully saturated rings. The third-order valence-electron chi connectivity index (χ3n) is 1.15. The molecule has 0 unspecified atom stereocenters. The van der Waals surface area contributed by atoms with E-state index in [1.807, 2.05) is 0 Å². The highest BCUT2D eigenvalue weighted by Crippen LogP contribution is 2.02. The summed E-state index contributed by atoms with van der Waals surface area (Å²) >= 11 is 0. The minimum absolute atomic E-state index is 0.147. The average Bonchev–Trinajstić information content (AvgIpc) is 1.88. The number of ether oxygens (including phenoxy) is 1. The highest BCUT2D eigenvalue weighted by molar-refractivity contribution is 5.16. The average molecular weight is 140 g/mol. The fourth-order valence-electron chi connectivity index (χ4n) is 0.643. The first-order chi connectivity index (χ1) is 4.74. The Balaban J connectivity index is 3.20. The summed E-state index contributed by atoms with van der Waals surface area (Å²) in [5.41, 5.74) is -0.147. The topological polar surface area (TPSA) is 39.4 Å². The molecule has 10 heavy (non-hydrogen) atoms. The third-order valence-corrected chi connectivity index (χ3v) is 1.15. The van der Waals surface area contributed by atoms with Crippen molar-refractivity contribution in [2.45, 2.75) is 6.92 Å². The van der Waals surface area contributed by atoms with Crippen LogP contribution in [0.1, 0.15) is 5.76 Å². The number of aryl methyl sites for hydroxylation is 1. The van der Waals surface area contributed by atoms with Gasteiger partial charge in [0.1, 0.15) is 12.0 Å². The van der Waals surface area contributed by atoms with Gasteiger partial charge in [0.25, 0.3) is 0 Å². The highest BCUT2D eigenvalue weighted by atomic mass is 16.5.